The molecule has 2 aromatic rings. The molecular weight excluding hydrogens is 645 g/mol. The second kappa shape index (κ2) is 18.9. The molecule has 2 aromatic carbocycles. The SMILES string of the molecule is [C-]#[N+]CCOP(OC1CC(COC)N(C(=O)CCCN(C)c2ccc(N=Nc3ccc([N+](=O)[O-])cc3Cl)cc2)C1)N(C(C)C)C(C)C. The van der Waals surface area contributed by atoms with Crippen LogP contribution in [0.1, 0.15) is 47.0 Å². The number of rotatable bonds is 18. The van der Waals surface area contributed by atoms with E-state index in [1.54, 1.807) is 7.11 Å². The van der Waals surface area contributed by atoms with Crippen LogP contribution in [0.4, 0.5) is 22.7 Å². The average Bonchev–Trinajstić information content (AvgIpc) is 3.42. The third kappa shape index (κ3) is 11.5. The molecule has 1 fully saturated rings. The number of methoxy groups -OCH3 is 1. The van der Waals surface area contributed by atoms with E-state index in [0.29, 0.717) is 56.9 Å². The zero-order valence-corrected chi connectivity index (χ0v) is 29.6. The highest BCUT2D eigenvalue weighted by Crippen LogP contribution is 2.48. The lowest BCUT2D eigenvalue weighted by atomic mass is 10.2. The normalized spacial score (nSPS) is 17.2. The Balaban J connectivity index is 1.55. The molecule has 1 heterocycles. The number of amides is 1. The first-order valence-electron chi connectivity index (χ1n) is 15.6. The van der Waals surface area contributed by atoms with Gasteiger partial charge in [0, 0.05) is 63.6 Å². The smallest absolute Gasteiger partial charge is 0.271 e. The van der Waals surface area contributed by atoms with Gasteiger partial charge in [-0.1, -0.05) is 11.6 Å². The number of halogens is 1. The number of anilines is 1. The molecule has 0 bridgehead atoms. The first kappa shape index (κ1) is 38.2. The molecule has 0 aromatic heterocycles. The number of benzene rings is 2. The number of carbonyl (C=O) groups is 1. The Labute approximate surface area is 283 Å². The summed E-state index contributed by atoms with van der Waals surface area (Å²) in [4.78, 5) is 31.2. The molecule has 0 aliphatic carbocycles. The van der Waals surface area contributed by atoms with Crippen LogP contribution < -0.4 is 4.90 Å². The molecule has 0 spiro atoms. The highest BCUT2D eigenvalue weighted by molar-refractivity contribution is 7.44. The van der Waals surface area contributed by atoms with Crippen molar-refractivity contribution in [1.29, 1.82) is 0 Å². The van der Waals surface area contributed by atoms with Gasteiger partial charge in [-0.2, -0.15) is 5.11 Å². The van der Waals surface area contributed by atoms with Crippen LogP contribution in [0.3, 0.4) is 0 Å². The molecule has 1 amide bonds. The zero-order chi connectivity index (χ0) is 34.5. The third-order valence-electron chi connectivity index (χ3n) is 7.54. The van der Waals surface area contributed by atoms with Gasteiger partial charge in [0.25, 0.3) is 14.2 Å². The molecule has 3 unspecified atom stereocenters. The van der Waals surface area contributed by atoms with Crippen molar-refractivity contribution in [1.82, 2.24) is 9.57 Å². The molecule has 0 saturated carbocycles. The molecule has 47 heavy (non-hydrogen) atoms. The molecule has 0 radical (unpaired) electrons. The molecule has 13 nitrogen and oxygen atoms in total. The highest BCUT2D eigenvalue weighted by Gasteiger charge is 2.39. The first-order chi connectivity index (χ1) is 22.4. The van der Waals surface area contributed by atoms with Gasteiger partial charge in [0.2, 0.25) is 12.5 Å². The second-order valence-corrected chi connectivity index (χ2v) is 13.6. The van der Waals surface area contributed by atoms with E-state index in [-0.39, 0.29) is 47.4 Å². The van der Waals surface area contributed by atoms with Crippen molar-refractivity contribution in [2.75, 3.05) is 51.9 Å². The number of hydrogen-bond acceptors (Lipinski definition) is 10. The lowest BCUT2D eigenvalue weighted by Gasteiger charge is -2.36. The van der Waals surface area contributed by atoms with Gasteiger partial charge >= 0.3 is 0 Å². The van der Waals surface area contributed by atoms with Crippen molar-refractivity contribution < 1.29 is 23.5 Å². The topological polar surface area (TPSA) is 127 Å². The summed E-state index contributed by atoms with van der Waals surface area (Å²) in [5.74, 6) is 0.0649. The van der Waals surface area contributed by atoms with E-state index in [0.717, 1.165) is 5.69 Å². The van der Waals surface area contributed by atoms with Crippen molar-refractivity contribution >= 4 is 48.8 Å². The molecule has 256 valence electrons. The van der Waals surface area contributed by atoms with Crippen LogP contribution in [-0.2, 0) is 18.6 Å². The van der Waals surface area contributed by atoms with Crippen LogP contribution in [-0.4, -0.2) is 91.6 Å². The summed E-state index contributed by atoms with van der Waals surface area (Å²) in [6.07, 6.45) is 1.53. The van der Waals surface area contributed by atoms with Crippen LogP contribution >= 0.6 is 20.1 Å². The molecular formula is C32H45ClN7O6P. The quantitative estimate of drug-likeness (QED) is 0.0388. The van der Waals surface area contributed by atoms with Gasteiger partial charge in [0.1, 0.15) is 12.3 Å². The monoisotopic (exact) mass is 689 g/mol. The average molecular weight is 690 g/mol. The Bertz CT molecular complexity index is 1380. The number of likely N-dealkylation sites (tertiary alicyclic amines) is 1. The maximum absolute atomic E-state index is 13.4. The Kier molecular flexibility index (Phi) is 15.4. The standard InChI is InChI=1S/C32H45ClN7O6P/c1-23(2)39(24(3)4)47(45-18-16-34-5)46-29-19-28(22-44-7)38(21-29)32(41)9-8-17-37(6)26-12-10-25(11-13-26)35-36-31-15-14-27(40(42)43)20-30(31)33/h10-15,20,23-24,28-29H,8-9,16-19,21-22H2,1-4,6-7H3. The minimum absolute atomic E-state index is 0.0649. The van der Waals surface area contributed by atoms with Gasteiger partial charge in [-0.05, 0) is 70.9 Å². The summed E-state index contributed by atoms with van der Waals surface area (Å²) in [6, 6.07) is 11.8. The van der Waals surface area contributed by atoms with E-state index in [1.165, 1.54) is 18.2 Å². The predicted octanol–water partition coefficient (Wildman–Crippen LogP) is 7.79. The Morgan fingerprint density at radius 1 is 1.19 bits per heavy atom. The van der Waals surface area contributed by atoms with Crippen LogP contribution in [0.25, 0.3) is 4.85 Å². The van der Waals surface area contributed by atoms with E-state index >= 15 is 0 Å². The maximum Gasteiger partial charge on any atom is 0.271 e. The summed E-state index contributed by atoms with van der Waals surface area (Å²) in [5.41, 5.74) is 1.79. The molecule has 0 N–H and O–H groups in total. The fraction of sp³-hybridized carbons (Fsp3) is 0.562. The molecule has 3 atom stereocenters. The predicted molar refractivity (Wildman–Crippen MR) is 185 cm³/mol. The first-order valence-corrected chi connectivity index (χ1v) is 17.1. The second-order valence-electron chi connectivity index (χ2n) is 11.8. The molecule has 15 heteroatoms. The number of nitro groups is 1. The van der Waals surface area contributed by atoms with Crippen molar-refractivity contribution in [2.24, 2.45) is 10.2 Å². The molecule has 1 aliphatic rings. The maximum atomic E-state index is 13.4. The van der Waals surface area contributed by atoms with Gasteiger partial charge < -0.3 is 28.4 Å². The number of hydrogen-bond donors (Lipinski definition) is 0. The van der Waals surface area contributed by atoms with E-state index in [2.05, 4.69) is 52.3 Å². The minimum atomic E-state index is -1.40. The lowest BCUT2D eigenvalue weighted by molar-refractivity contribution is -0.384. The van der Waals surface area contributed by atoms with Crippen molar-refractivity contribution in [3.8, 4) is 0 Å². The van der Waals surface area contributed by atoms with Gasteiger partial charge in [-0.3, -0.25) is 14.9 Å². The fourth-order valence-corrected chi connectivity index (χ4v) is 7.25. The van der Waals surface area contributed by atoms with Crippen molar-refractivity contribution in [3.05, 3.63) is 69.0 Å². The Hall–Kier alpha value is -3.24. The van der Waals surface area contributed by atoms with Crippen LogP contribution in [0.15, 0.2) is 52.7 Å². The summed E-state index contributed by atoms with van der Waals surface area (Å²) >= 11 is 6.10. The van der Waals surface area contributed by atoms with Crippen LogP contribution in [0.5, 0.6) is 0 Å². The minimum Gasteiger partial charge on any atom is -0.383 e. The zero-order valence-electron chi connectivity index (χ0n) is 27.9. The number of non-ortho nitro benzene ring substituents is 1. The number of ether oxygens (including phenoxy) is 1. The van der Waals surface area contributed by atoms with E-state index in [1.807, 2.05) is 36.2 Å². The summed E-state index contributed by atoms with van der Waals surface area (Å²) < 4.78 is 20.3. The summed E-state index contributed by atoms with van der Waals surface area (Å²) in [6.45, 7) is 17.7. The van der Waals surface area contributed by atoms with Crippen molar-refractivity contribution in [3.63, 3.8) is 0 Å². The summed E-state index contributed by atoms with van der Waals surface area (Å²) in [5, 5.41) is 19.4. The largest absolute Gasteiger partial charge is 0.383 e. The van der Waals surface area contributed by atoms with E-state index in [9.17, 15) is 14.9 Å². The van der Waals surface area contributed by atoms with E-state index < -0.39 is 13.4 Å². The number of nitrogens with zero attached hydrogens (tertiary/aromatic N) is 7. The molecule has 1 aliphatic heterocycles. The van der Waals surface area contributed by atoms with Crippen LogP contribution in [0, 0.1) is 16.7 Å². The molecule has 3 rings (SSSR count). The fourth-order valence-electron chi connectivity index (χ4n) is 5.34. The summed E-state index contributed by atoms with van der Waals surface area (Å²) in [7, 11) is 2.21. The third-order valence-corrected chi connectivity index (χ3v) is 10.0. The van der Waals surface area contributed by atoms with Gasteiger partial charge in [0.15, 0.2) is 0 Å². The number of azo groups is 1. The molecule has 1 saturated heterocycles. The van der Waals surface area contributed by atoms with Crippen LogP contribution in [0.2, 0.25) is 5.02 Å². The number of carbonyl (C=O) groups excluding carboxylic acids is 1. The van der Waals surface area contributed by atoms with E-state index in [4.69, 9.17) is 32.0 Å². The van der Waals surface area contributed by atoms with Crippen molar-refractivity contribution in [2.45, 2.75) is 71.2 Å². The van der Waals surface area contributed by atoms with Gasteiger partial charge in [0.05, 0.1) is 34.4 Å². The number of nitro benzene ring substituents is 1. The van der Waals surface area contributed by atoms with Gasteiger partial charge in [-0.15, -0.1) is 5.11 Å². The van der Waals surface area contributed by atoms with Gasteiger partial charge in [-0.25, -0.2) is 11.2 Å². The lowest BCUT2D eigenvalue weighted by Crippen LogP contribution is -2.39. The highest BCUT2D eigenvalue weighted by atomic mass is 35.5. The Morgan fingerprint density at radius 2 is 1.89 bits per heavy atom. The Morgan fingerprint density at radius 3 is 2.49 bits per heavy atom.